The molecule has 2 heterocycles. The lowest BCUT2D eigenvalue weighted by atomic mass is 10.1. The average molecular weight is 263 g/mol. The Hall–Kier alpha value is -0.170. The number of hydrogen-bond acceptors (Lipinski definition) is 4. The number of rotatable bonds is 5. The van der Waals surface area contributed by atoms with Gasteiger partial charge in [0.05, 0.1) is 11.9 Å². The maximum Gasteiger partial charge on any atom is 0.214 e. The number of aliphatic hydroxyl groups excluding tert-OH is 1. The monoisotopic (exact) mass is 263 g/mol. The quantitative estimate of drug-likeness (QED) is 0.769. The minimum absolute atomic E-state index is 0.0811. The average Bonchev–Trinajstić information content (AvgIpc) is 2.98. The van der Waals surface area contributed by atoms with Crippen molar-refractivity contribution < 1.29 is 18.3 Å². The van der Waals surface area contributed by atoms with Crippen LogP contribution in [0.5, 0.6) is 0 Å². The van der Waals surface area contributed by atoms with Crippen molar-refractivity contribution in [1.82, 2.24) is 4.31 Å². The van der Waals surface area contributed by atoms with Crippen LogP contribution in [0.3, 0.4) is 0 Å². The van der Waals surface area contributed by atoms with Crippen molar-refractivity contribution in [3.05, 3.63) is 0 Å². The Labute approximate surface area is 103 Å². The number of sulfonamides is 1. The molecular weight excluding hydrogens is 242 g/mol. The summed E-state index contributed by atoms with van der Waals surface area (Å²) in [6, 6.07) is 0. The van der Waals surface area contributed by atoms with Crippen LogP contribution in [0, 0.1) is 5.92 Å². The third-order valence-corrected chi connectivity index (χ3v) is 5.49. The Morgan fingerprint density at radius 3 is 2.76 bits per heavy atom. The smallest absolute Gasteiger partial charge is 0.214 e. The zero-order valence-electron chi connectivity index (χ0n) is 10.0. The van der Waals surface area contributed by atoms with E-state index in [4.69, 9.17) is 9.84 Å². The molecular formula is C11H21NO4S. The predicted octanol–water partition coefficient (Wildman–Crippen LogP) is 0.200. The highest BCUT2D eigenvalue weighted by Gasteiger charge is 2.31. The van der Waals surface area contributed by atoms with Gasteiger partial charge in [0.1, 0.15) is 0 Å². The van der Waals surface area contributed by atoms with Crippen molar-refractivity contribution in [2.75, 3.05) is 32.1 Å². The molecule has 0 aromatic carbocycles. The molecule has 0 aliphatic carbocycles. The van der Waals surface area contributed by atoms with Crippen LogP contribution in [-0.2, 0) is 14.8 Å². The summed E-state index contributed by atoms with van der Waals surface area (Å²) in [6.07, 6.45) is 3.52. The van der Waals surface area contributed by atoms with E-state index in [2.05, 4.69) is 0 Å². The summed E-state index contributed by atoms with van der Waals surface area (Å²) in [7, 11) is -3.15. The molecule has 2 aliphatic heterocycles. The minimum Gasteiger partial charge on any atom is -0.396 e. The minimum atomic E-state index is -3.15. The summed E-state index contributed by atoms with van der Waals surface area (Å²) < 4.78 is 31.0. The van der Waals surface area contributed by atoms with E-state index in [9.17, 15) is 8.42 Å². The molecule has 0 bridgehead atoms. The first-order chi connectivity index (χ1) is 8.12. The summed E-state index contributed by atoms with van der Waals surface area (Å²) in [5, 5.41) is 9.01. The first-order valence-corrected chi connectivity index (χ1v) is 7.93. The Kier molecular flexibility index (Phi) is 4.41. The molecule has 1 N–H and O–H groups in total. The molecule has 0 aromatic heterocycles. The van der Waals surface area contributed by atoms with Crippen LogP contribution in [0.4, 0.5) is 0 Å². The number of nitrogens with zero attached hydrogens (tertiary/aromatic N) is 1. The fraction of sp³-hybridized carbons (Fsp3) is 1.00. The van der Waals surface area contributed by atoms with Gasteiger partial charge in [0, 0.05) is 26.3 Å². The van der Waals surface area contributed by atoms with E-state index in [-0.39, 0.29) is 24.4 Å². The Bertz CT molecular complexity index is 337. The van der Waals surface area contributed by atoms with Crippen LogP contribution in [0.25, 0.3) is 0 Å². The summed E-state index contributed by atoms with van der Waals surface area (Å²) in [4.78, 5) is 0. The normalized spacial score (nSPS) is 31.1. The van der Waals surface area contributed by atoms with Crippen LogP contribution in [0.2, 0.25) is 0 Å². The Morgan fingerprint density at radius 1 is 1.35 bits per heavy atom. The van der Waals surface area contributed by atoms with Crippen molar-refractivity contribution in [2.24, 2.45) is 5.92 Å². The van der Waals surface area contributed by atoms with E-state index in [1.165, 1.54) is 4.31 Å². The molecule has 0 saturated carbocycles. The van der Waals surface area contributed by atoms with Crippen molar-refractivity contribution in [2.45, 2.75) is 31.8 Å². The van der Waals surface area contributed by atoms with Crippen molar-refractivity contribution >= 4 is 10.0 Å². The standard InChI is InChI=1S/C11H21NO4S/c13-9-10-3-5-12(8-10)17(14,15)7-4-11-2-1-6-16-11/h10-11,13H,1-9H2/t10-,11+/m1/s1. The number of ether oxygens (including phenoxy) is 1. The largest absolute Gasteiger partial charge is 0.396 e. The van der Waals surface area contributed by atoms with Gasteiger partial charge in [0.2, 0.25) is 10.0 Å². The van der Waals surface area contributed by atoms with E-state index in [1.807, 2.05) is 0 Å². The van der Waals surface area contributed by atoms with Crippen LogP contribution in [0.1, 0.15) is 25.7 Å². The fourth-order valence-electron chi connectivity index (χ4n) is 2.48. The van der Waals surface area contributed by atoms with Gasteiger partial charge in [0.15, 0.2) is 0 Å². The lowest BCUT2D eigenvalue weighted by Crippen LogP contribution is -2.32. The van der Waals surface area contributed by atoms with Crippen LogP contribution in [0.15, 0.2) is 0 Å². The molecule has 0 unspecified atom stereocenters. The molecule has 6 heteroatoms. The van der Waals surface area contributed by atoms with E-state index in [0.29, 0.717) is 19.5 Å². The highest BCUT2D eigenvalue weighted by Crippen LogP contribution is 2.21. The Morgan fingerprint density at radius 2 is 2.18 bits per heavy atom. The molecule has 0 spiro atoms. The molecule has 17 heavy (non-hydrogen) atoms. The van der Waals surface area contributed by atoms with Crippen LogP contribution >= 0.6 is 0 Å². The molecule has 0 radical (unpaired) electrons. The van der Waals surface area contributed by atoms with Gasteiger partial charge in [-0.25, -0.2) is 12.7 Å². The zero-order valence-corrected chi connectivity index (χ0v) is 10.9. The van der Waals surface area contributed by atoms with Gasteiger partial charge < -0.3 is 9.84 Å². The maximum atomic E-state index is 12.0. The predicted molar refractivity (Wildman–Crippen MR) is 64.1 cm³/mol. The van der Waals surface area contributed by atoms with Gasteiger partial charge in [-0.3, -0.25) is 0 Å². The highest BCUT2D eigenvalue weighted by molar-refractivity contribution is 7.89. The lowest BCUT2D eigenvalue weighted by molar-refractivity contribution is 0.108. The molecule has 0 aromatic rings. The van der Waals surface area contributed by atoms with Gasteiger partial charge in [-0.2, -0.15) is 0 Å². The van der Waals surface area contributed by atoms with E-state index in [0.717, 1.165) is 25.9 Å². The topological polar surface area (TPSA) is 66.8 Å². The summed E-state index contributed by atoms with van der Waals surface area (Å²) in [5.74, 6) is 0.294. The number of aliphatic hydroxyl groups is 1. The van der Waals surface area contributed by atoms with Gasteiger partial charge in [-0.1, -0.05) is 0 Å². The third kappa shape index (κ3) is 3.40. The van der Waals surface area contributed by atoms with E-state index < -0.39 is 10.0 Å². The van der Waals surface area contributed by atoms with Gasteiger partial charge >= 0.3 is 0 Å². The Balaban J connectivity index is 1.81. The maximum absolute atomic E-state index is 12.0. The van der Waals surface area contributed by atoms with Gasteiger partial charge in [-0.05, 0) is 31.6 Å². The molecule has 5 nitrogen and oxygen atoms in total. The lowest BCUT2D eigenvalue weighted by Gasteiger charge is -2.17. The van der Waals surface area contributed by atoms with Crippen LogP contribution < -0.4 is 0 Å². The first-order valence-electron chi connectivity index (χ1n) is 6.32. The van der Waals surface area contributed by atoms with Gasteiger partial charge in [0.25, 0.3) is 0 Å². The van der Waals surface area contributed by atoms with Crippen LogP contribution in [-0.4, -0.2) is 56.0 Å². The van der Waals surface area contributed by atoms with Gasteiger partial charge in [-0.15, -0.1) is 0 Å². The second kappa shape index (κ2) is 5.65. The van der Waals surface area contributed by atoms with E-state index >= 15 is 0 Å². The third-order valence-electron chi connectivity index (χ3n) is 3.62. The first kappa shape index (κ1) is 13.3. The molecule has 2 saturated heterocycles. The van der Waals surface area contributed by atoms with Crippen molar-refractivity contribution in [1.29, 1.82) is 0 Å². The zero-order chi connectivity index (χ0) is 12.3. The number of hydrogen-bond donors (Lipinski definition) is 1. The van der Waals surface area contributed by atoms with Crippen molar-refractivity contribution in [3.63, 3.8) is 0 Å². The molecule has 2 fully saturated rings. The second-order valence-electron chi connectivity index (χ2n) is 4.94. The molecule has 2 aliphatic rings. The summed E-state index contributed by atoms with van der Waals surface area (Å²) in [6.45, 7) is 1.88. The molecule has 2 rings (SSSR count). The molecule has 2 atom stereocenters. The molecule has 0 amide bonds. The summed E-state index contributed by atoms with van der Waals surface area (Å²) in [5.41, 5.74) is 0. The molecule has 100 valence electrons. The second-order valence-corrected chi connectivity index (χ2v) is 7.02. The van der Waals surface area contributed by atoms with E-state index in [1.54, 1.807) is 0 Å². The fourth-order valence-corrected chi connectivity index (χ4v) is 4.12. The summed E-state index contributed by atoms with van der Waals surface area (Å²) >= 11 is 0. The highest BCUT2D eigenvalue weighted by atomic mass is 32.2. The van der Waals surface area contributed by atoms with Crippen molar-refractivity contribution in [3.8, 4) is 0 Å². The SMILES string of the molecule is O=S(=O)(CC[C@@H]1CCCO1)N1CC[C@@H](CO)C1.